The van der Waals surface area contributed by atoms with Crippen molar-refractivity contribution < 1.29 is 14.3 Å². The van der Waals surface area contributed by atoms with Crippen molar-refractivity contribution in [1.29, 1.82) is 0 Å². The standard InChI is InChI=1S/C19H20N4O3S3/c1-3-26-18(25)15-12(13-5-4-8-27-13)9-28-17(15)20-14(24)10-29-19-22-21-16(23(19)2)11-6-7-11/h4-5,8-9,11H,3,6-7,10H2,1-2H3,(H,20,24). The maximum Gasteiger partial charge on any atom is 0.341 e. The molecule has 0 spiro atoms. The van der Waals surface area contributed by atoms with Crippen LogP contribution in [0.4, 0.5) is 5.00 Å². The van der Waals surface area contributed by atoms with Crippen molar-refractivity contribution in [2.24, 2.45) is 7.05 Å². The van der Waals surface area contributed by atoms with Crippen molar-refractivity contribution in [2.45, 2.75) is 30.8 Å². The van der Waals surface area contributed by atoms with E-state index in [1.54, 1.807) is 18.3 Å². The fourth-order valence-electron chi connectivity index (χ4n) is 2.91. The minimum Gasteiger partial charge on any atom is -0.462 e. The molecule has 1 fully saturated rings. The molecule has 10 heteroatoms. The number of anilines is 1. The molecule has 0 aromatic carbocycles. The third-order valence-corrected chi connectivity index (χ3v) is 7.27. The van der Waals surface area contributed by atoms with E-state index in [0.717, 1.165) is 34.3 Å². The molecule has 3 aromatic heterocycles. The Labute approximate surface area is 180 Å². The smallest absolute Gasteiger partial charge is 0.341 e. The van der Waals surface area contributed by atoms with Gasteiger partial charge in [0.05, 0.1) is 12.4 Å². The van der Waals surface area contributed by atoms with Crippen molar-refractivity contribution in [3.8, 4) is 10.4 Å². The summed E-state index contributed by atoms with van der Waals surface area (Å²) in [7, 11) is 1.93. The molecule has 7 nitrogen and oxygen atoms in total. The first-order valence-electron chi connectivity index (χ1n) is 9.22. The Hall–Kier alpha value is -2.17. The molecule has 152 valence electrons. The Morgan fingerprint density at radius 3 is 2.86 bits per heavy atom. The van der Waals surface area contributed by atoms with Gasteiger partial charge < -0.3 is 14.6 Å². The molecule has 4 rings (SSSR count). The third kappa shape index (κ3) is 4.39. The van der Waals surface area contributed by atoms with Crippen molar-refractivity contribution >= 4 is 51.3 Å². The van der Waals surface area contributed by atoms with Gasteiger partial charge in [-0.2, -0.15) is 0 Å². The van der Waals surface area contributed by atoms with Crippen LogP contribution < -0.4 is 5.32 Å². The molecule has 3 aromatic rings. The predicted octanol–water partition coefficient (Wildman–Crippen LogP) is 4.39. The summed E-state index contributed by atoms with van der Waals surface area (Å²) < 4.78 is 7.18. The molecule has 1 saturated carbocycles. The lowest BCUT2D eigenvalue weighted by molar-refractivity contribution is -0.113. The Bertz CT molecular complexity index is 1020. The molecule has 29 heavy (non-hydrogen) atoms. The van der Waals surface area contributed by atoms with Crippen molar-refractivity contribution in [3.63, 3.8) is 0 Å². The molecule has 0 bridgehead atoms. The quantitative estimate of drug-likeness (QED) is 0.406. The highest BCUT2D eigenvalue weighted by molar-refractivity contribution is 7.99. The zero-order valence-corrected chi connectivity index (χ0v) is 18.5. The molecule has 1 N–H and O–H groups in total. The number of thioether (sulfide) groups is 1. The topological polar surface area (TPSA) is 86.1 Å². The van der Waals surface area contributed by atoms with Gasteiger partial charge in [-0.05, 0) is 31.2 Å². The number of nitrogens with zero attached hydrogens (tertiary/aromatic N) is 3. The van der Waals surface area contributed by atoms with Crippen LogP contribution in [0.15, 0.2) is 28.0 Å². The van der Waals surface area contributed by atoms with Gasteiger partial charge in [0.15, 0.2) is 5.16 Å². The van der Waals surface area contributed by atoms with E-state index in [9.17, 15) is 9.59 Å². The first-order chi connectivity index (χ1) is 14.1. The molecule has 0 radical (unpaired) electrons. The van der Waals surface area contributed by atoms with E-state index in [4.69, 9.17) is 4.74 Å². The van der Waals surface area contributed by atoms with Gasteiger partial charge in [-0.25, -0.2) is 4.79 Å². The number of amides is 1. The van der Waals surface area contributed by atoms with E-state index in [1.807, 2.05) is 34.5 Å². The Morgan fingerprint density at radius 1 is 1.34 bits per heavy atom. The molecule has 1 amide bonds. The average Bonchev–Trinajstić information content (AvgIpc) is 3.09. The number of carbonyl (C=O) groups is 2. The highest BCUT2D eigenvalue weighted by atomic mass is 32.2. The molecule has 1 aliphatic carbocycles. The van der Waals surface area contributed by atoms with E-state index >= 15 is 0 Å². The zero-order chi connectivity index (χ0) is 20.4. The lowest BCUT2D eigenvalue weighted by atomic mass is 10.1. The van der Waals surface area contributed by atoms with Crippen LogP contribution in [-0.4, -0.2) is 39.0 Å². The van der Waals surface area contributed by atoms with Crippen LogP contribution >= 0.6 is 34.4 Å². The second kappa shape index (κ2) is 8.68. The van der Waals surface area contributed by atoms with Crippen LogP contribution in [-0.2, 0) is 16.6 Å². The highest BCUT2D eigenvalue weighted by Crippen LogP contribution is 2.40. The summed E-state index contributed by atoms with van der Waals surface area (Å²) in [6.45, 7) is 2.04. The van der Waals surface area contributed by atoms with E-state index in [2.05, 4.69) is 15.5 Å². The van der Waals surface area contributed by atoms with E-state index in [-0.39, 0.29) is 18.3 Å². The molecule has 0 saturated heterocycles. The average molecular weight is 449 g/mol. The fraction of sp³-hybridized carbons (Fsp3) is 0.368. The number of esters is 1. The predicted molar refractivity (Wildman–Crippen MR) is 116 cm³/mol. The first kappa shape index (κ1) is 20.1. The minimum atomic E-state index is -0.428. The second-order valence-corrected chi connectivity index (χ2v) is 9.33. The number of carbonyl (C=O) groups excluding carboxylic acids is 2. The van der Waals surface area contributed by atoms with Gasteiger partial charge in [0, 0.05) is 28.8 Å². The van der Waals surface area contributed by atoms with Gasteiger partial charge in [0.1, 0.15) is 16.4 Å². The summed E-state index contributed by atoms with van der Waals surface area (Å²) >= 11 is 4.21. The molecule has 1 aliphatic rings. The number of nitrogens with one attached hydrogen (secondary N) is 1. The molecule has 0 unspecified atom stereocenters. The van der Waals surface area contributed by atoms with Gasteiger partial charge in [-0.3, -0.25) is 4.79 Å². The maximum atomic E-state index is 12.5. The van der Waals surface area contributed by atoms with Crippen LogP contribution in [0.2, 0.25) is 0 Å². The molecule has 0 aliphatic heterocycles. The van der Waals surface area contributed by atoms with Crippen molar-refractivity contribution in [1.82, 2.24) is 14.8 Å². The first-order valence-corrected chi connectivity index (χ1v) is 12.0. The van der Waals surface area contributed by atoms with Gasteiger partial charge in [-0.15, -0.1) is 32.9 Å². The normalized spacial score (nSPS) is 13.4. The second-order valence-electron chi connectivity index (χ2n) is 6.56. The Morgan fingerprint density at radius 2 is 2.17 bits per heavy atom. The highest BCUT2D eigenvalue weighted by Gasteiger charge is 2.29. The van der Waals surface area contributed by atoms with E-state index in [0.29, 0.717) is 16.5 Å². The summed E-state index contributed by atoms with van der Waals surface area (Å²) in [6, 6.07) is 3.88. The molecule has 3 heterocycles. The Balaban J connectivity index is 1.47. The third-order valence-electron chi connectivity index (χ3n) is 4.45. The van der Waals surface area contributed by atoms with Gasteiger partial charge in [-0.1, -0.05) is 17.8 Å². The summed E-state index contributed by atoms with van der Waals surface area (Å²) in [4.78, 5) is 26.0. The van der Waals surface area contributed by atoms with Crippen LogP contribution in [0, 0.1) is 0 Å². The van der Waals surface area contributed by atoms with Crippen LogP contribution in [0.1, 0.15) is 41.9 Å². The molecular formula is C19H20N4O3S3. The lowest BCUT2D eigenvalue weighted by Gasteiger charge is -2.08. The molecular weight excluding hydrogens is 428 g/mol. The maximum absolute atomic E-state index is 12.5. The largest absolute Gasteiger partial charge is 0.462 e. The molecule has 0 atom stereocenters. The van der Waals surface area contributed by atoms with Crippen LogP contribution in [0.25, 0.3) is 10.4 Å². The number of thiophene rings is 2. The summed E-state index contributed by atoms with van der Waals surface area (Å²) in [5, 5.41) is 16.4. The van der Waals surface area contributed by atoms with Gasteiger partial charge in [0.25, 0.3) is 0 Å². The summed E-state index contributed by atoms with van der Waals surface area (Å²) in [6.07, 6.45) is 2.30. The van der Waals surface area contributed by atoms with Crippen LogP contribution in [0.5, 0.6) is 0 Å². The minimum absolute atomic E-state index is 0.186. The monoisotopic (exact) mass is 448 g/mol. The number of ether oxygens (including phenoxy) is 1. The SMILES string of the molecule is CCOC(=O)c1c(-c2cccs2)csc1NC(=O)CSc1nnc(C2CC2)n1C. The number of hydrogen-bond acceptors (Lipinski definition) is 8. The van der Waals surface area contributed by atoms with Gasteiger partial charge in [0.2, 0.25) is 5.91 Å². The zero-order valence-electron chi connectivity index (χ0n) is 16.0. The van der Waals surface area contributed by atoms with E-state index in [1.165, 1.54) is 23.1 Å². The van der Waals surface area contributed by atoms with Crippen LogP contribution in [0.3, 0.4) is 0 Å². The summed E-state index contributed by atoms with van der Waals surface area (Å²) in [5.41, 5.74) is 1.20. The number of rotatable bonds is 8. The summed E-state index contributed by atoms with van der Waals surface area (Å²) in [5.74, 6) is 1.05. The van der Waals surface area contributed by atoms with E-state index < -0.39 is 5.97 Å². The van der Waals surface area contributed by atoms with Crippen molar-refractivity contribution in [3.05, 3.63) is 34.3 Å². The Kier molecular flexibility index (Phi) is 6.02. The lowest BCUT2D eigenvalue weighted by Crippen LogP contribution is -2.16. The van der Waals surface area contributed by atoms with Gasteiger partial charge >= 0.3 is 5.97 Å². The number of hydrogen-bond donors (Lipinski definition) is 1. The number of aromatic nitrogens is 3. The van der Waals surface area contributed by atoms with Crippen molar-refractivity contribution in [2.75, 3.05) is 17.7 Å². The fourth-order valence-corrected chi connectivity index (χ4v) is 5.42.